The fourth-order valence-corrected chi connectivity index (χ4v) is 4.83. The van der Waals surface area contributed by atoms with Crippen molar-refractivity contribution in [1.29, 1.82) is 0 Å². The van der Waals surface area contributed by atoms with E-state index in [0.29, 0.717) is 17.7 Å². The highest BCUT2D eigenvalue weighted by atomic mass is 32.2. The van der Waals surface area contributed by atoms with Crippen LogP contribution in [-0.4, -0.2) is 63.0 Å². The molecule has 1 saturated heterocycles. The Bertz CT molecular complexity index is 745. The first-order chi connectivity index (χ1) is 11.8. The van der Waals surface area contributed by atoms with Gasteiger partial charge in [0.1, 0.15) is 11.8 Å². The van der Waals surface area contributed by atoms with Crippen LogP contribution in [0, 0.1) is 0 Å². The maximum absolute atomic E-state index is 12.9. The molecule has 1 aliphatic rings. The summed E-state index contributed by atoms with van der Waals surface area (Å²) in [6, 6.07) is 5.72. The molecule has 1 aliphatic heterocycles. The van der Waals surface area contributed by atoms with Gasteiger partial charge in [-0.1, -0.05) is 18.2 Å². The highest BCUT2D eigenvalue weighted by molar-refractivity contribution is 7.91. The van der Waals surface area contributed by atoms with E-state index < -0.39 is 27.9 Å². The topological polar surface area (TPSA) is 90.0 Å². The van der Waals surface area contributed by atoms with Crippen molar-refractivity contribution in [3.63, 3.8) is 0 Å². The highest BCUT2D eigenvalue weighted by Gasteiger charge is 2.39. The second kappa shape index (κ2) is 7.86. The summed E-state index contributed by atoms with van der Waals surface area (Å²) in [5, 5.41) is 0. The van der Waals surface area contributed by atoms with Gasteiger partial charge >= 0.3 is 5.97 Å². The minimum atomic E-state index is -3.20. The minimum Gasteiger partial charge on any atom is -0.496 e. The SMILES string of the molecule is COC(=O)[C@H](C)N(C(=O)Cc1ccccc1OC)[C@@H]1CCS(=O)(=O)C1. The van der Waals surface area contributed by atoms with Crippen LogP contribution >= 0.6 is 0 Å². The molecule has 1 aromatic rings. The lowest BCUT2D eigenvalue weighted by atomic mass is 10.1. The first kappa shape index (κ1) is 19.2. The van der Waals surface area contributed by atoms with E-state index in [1.807, 2.05) is 0 Å². The summed E-state index contributed by atoms with van der Waals surface area (Å²) < 4.78 is 33.6. The number of methoxy groups -OCH3 is 2. The maximum Gasteiger partial charge on any atom is 0.328 e. The Labute approximate surface area is 147 Å². The number of nitrogens with zero attached hydrogens (tertiary/aromatic N) is 1. The number of para-hydroxylation sites is 1. The van der Waals surface area contributed by atoms with Crippen molar-refractivity contribution in [3.05, 3.63) is 29.8 Å². The first-order valence-corrected chi connectivity index (χ1v) is 9.82. The van der Waals surface area contributed by atoms with Crippen molar-refractivity contribution in [3.8, 4) is 5.75 Å². The molecule has 0 aromatic heterocycles. The van der Waals surface area contributed by atoms with Crippen LogP contribution < -0.4 is 4.74 Å². The Morgan fingerprint density at radius 2 is 1.96 bits per heavy atom. The van der Waals surface area contributed by atoms with E-state index in [1.54, 1.807) is 31.2 Å². The molecule has 0 unspecified atom stereocenters. The van der Waals surface area contributed by atoms with Crippen molar-refractivity contribution >= 4 is 21.7 Å². The number of benzene rings is 1. The molecule has 7 nitrogen and oxygen atoms in total. The molecule has 25 heavy (non-hydrogen) atoms. The van der Waals surface area contributed by atoms with E-state index in [-0.39, 0.29) is 23.8 Å². The number of rotatable bonds is 6. The van der Waals surface area contributed by atoms with Gasteiger partial charge in [0, 0.05) is 11.6 Å². The number of hydrogen-bond acceptors (Lipinski definition) is 6. The van der Waals surface area contributed by atoms with Gasteiger partial charge < -0.3 is 14.4 Å². The highest BCUT2D eigenvalue weighted by Crippen LogP contribution is 2.24. The van der Waals surface area contributed by atoms with Crippen LogP contribution in [0.1, 0.15) is 18.9 Å². The second-order valence-electron chi connectivity index (χ2n) is 6.05. The van der Waals surface area contributed by atoms with Gasteiger partial charge in [-0.2, -0.15) is 0 Å². The van der Waals surface area contributed by atoms with Gasteiger partial charge in [0.2, 0.25) is 5.91 Å². The molecule has 0 spiro atoms. The second-order valence-corrected chi connectivity index (χ2v) is 8.27. The molecule has 1 fully saturated rings. The normalized spacial score (nSPS) is 19.9. The molecule has 0 bridgehead atoms. The lowest BCUT2D eigenvalue weighted by Gasteiger charge is -2.32. The number of carbonyl (C=O) groups is 2. The third kappa shape index (κ3) is 4.50. The summed E-state index contributed by atoms with van der Waals surface area (Å²) in [5.74, 6) is -0.446. The molecule has 0 saturated carbocycles. The van der Waals surface area contributed by atoms with Gasteiger partial charge in [-0.25, -0.2) is 13.2 Å². The summed E-state index contributed by atoms with van der Waals surface area (Å²) >= 11 is 0. The molecule has 1 heterocycles. The summed E-state index contributed by atoms with van der Waals surface area (Å²) in [6.45, 7) is 1.55. The molecule has 1 aromatic carbocycles. The third-order valence-electron chi connectivity index (χ3n) is 4.38. The molecule has 0 N–H and O–H groups in total. The molecule has 138 valence electrons. The number of carbonyl (C=O) groups excluding carboxylic acids is 2. The lowest BCUT2D eigenvalue weighted by molar-refractivity contribution is -0.153. The lowest BCUT2D eigenvalue weighted by Crippen LogP contribution is -2.50. The van der Waals surface area contributed by atoms with E-state index in [2.05, 4.69) is 0 Å². The Hall–Kier alpha value is -2.09. The summed E-state index contributed by atoms with van der Waals surface area (Å²) in [7, 11) is -0.438. The van der Waals surface area contributed by atoms with Crippen LogP contribution in [0.15, 0.2) is 24.3 Å². The Kier molecular flexibility index (Phi) is 6.05. The number of sulfone groups is 1. The summed E-state index contributed by atoms with van der Waals surface area (Å²) in [6.07, 6.45) is 0.337. The van der Waals surface area contributed by atoms with E-state index in [1.165, 1.54) is 19.1 Å². The smallest absolute Gasteiger partial charge is 0.328 e. The van der Waals surface area contributed by atoms with E-state index in [9.17, 15) is 18.0 Å². The van der Waals surface area contributed by atoms with Crippen LogP contribution in [0.25, 0.3) is 0 Å². The fourth-order valence-electron chi connectivity index (χ4n) is 3.12. The molecule has 1 amide bonds. The van der Waals surface area contributed by atoms with Crippen molar-refractivity contribution in [1.82, 2.24) is 4.90 Å². The Morgan fingerprint density at radius 3 is 2.52 bits per heavy atom. The molecular weight excluding hydrogens is 346 g/mol. The maximum atomic E-state index is 12.9. The molecule has 2 atom stereocenters. The summed E-state index contributed by atoms with van der Waals surface area (Å²) in [5.41, 5.74) is 0.679. The zero-order valence-corrected chi connectivity index (χ0v) is 15.4. The third-order valence-corrected chi connectivity index (χ3v) is 6.13. The monoisotopic (exact) mass is 369 g/mol. The van der Waals surface area contributed by atoms with Gasteiger partial charge in [-0.15, -0.1) is 0 Å². The average molecular weight is 369 g/mol. The number of ether oxygens (including phenoxy) is 2. The van der Waals surface area contributed by atoms with Crippen molar-refractivity contribution in [2.24, 2.45) is 0 Å². The van der Waals surface area contributed by atoms with E-state index in [0.717, 1.165) is 0 Å². The Morgan fingerprint density at radius 1 is 1.28 bits per heavy atom. The predicted octanol–water partition coefficient (Wildman–Crippen LogP) is 0.815. The number of esters is 1. The largest absolute Gasteiger partial charge is 0.496 e. The standard InChI is InChI=1S/C17H23NO6S/c1-12(17(20)24-3)18(14-8-9-25(21,22)11-14)16(19)10-13-6-4-5-7-15(13)23-2/h4-7,12,14H,8-11H2,1-3H3/t12-,14+/m0/s1. The predicted molar refractivity (Wildman–Crippen MR) is 92.1 cm³/mol. The minimum absolute atomic E-state index is 0.0158. The van der Waals surface area contributed by atoms with Gasteiger partial charge in [0.05, 0.1) is 32.1 Å². The number of amides is 1. The van der Waals surface area contributed by atoms with Gasteiger partial charge in [0.15, 0.2) is 9.84 Å². The van der Waals surface area contributed by atoms with Crippen molar-refractivity contribution < 1.29 is 27.5 Å². The molecule has 8 heteroatoms. The zero-order chi connectivity index (χ0) is 18.6. The zero-order valence-electron chi connectivity index (χ0n) is 14.6. The Balaban J connectivity index is 2.28. The summed E-state index contributed by atoms with van der Waals surface area (Å²) in [4.78, 5) is 26.2. The van der Waals surface area contributed by atoms with Gasteiger partial charge in [-0.3, -0.25) is 4.79 Å². The fraction of sp³-hybridized carbons (Fsp3) is 0.529. The van der Waals surface area contributed by atoms with Gasteiger partial charge in [-0.05, 0) is 19.4 Å². The number of hydrogen-bond donors (Lipinski definition) is 0. The van der Waals surface area contributed by atoms with Crippen LogP contribution in [0.3, 0.4) is 0 Å². The molecular formula is C17H23NO6S. The van der Waals surface area contributed by atoms with Crippen LogP contribution in [0.5, 0.6) is 5.75 Å². The van der Waals surface area contributed by atoms with E-state index >= 15 is 0 Å². The average Bonchev–Trinajstić information content (AvgIpc) is 2.94. The molecule has 2 rings (SSSR count). The first-order valence-electron chi connectivity index (χ1n) is 8.00. The van der Waals surface area contributed by atoms with Crippen molar-refractivity contribution in [2.75, 3.05) is 25.7 Å². The molecule has 0 aliphatic carbocycles. The van der Waals surface area contributed by atoms with Crippen molar-refractivity contribution in [2.45, 2.75) is 31.8 Å². The van der Waals surface area contributed by atoms with E-state index in [4.69, 9.17) is 9.47 Å². The van der Waals surface area contributed by atoms with Crippen LogP contribution in [0.2, 0.25) is 0 Å². The van der Waals surface area contributed by atoms with Crippen LogP contribution in [-0.2, 0) is 30.6 Å². The molecule has 0 radical (unpaired) electrons. The van der Waals surface area contributed by atoms with Crippen LogP contribution in [0.4, 0.5) is 0 Å². The quantitative estimate of drug-likeness (QED) is 0.690. The van der Waals surface area contributed by atoms with Gasteiger partial charge in [0.25, 0.3) is 0 Å².